The van der Waals surface area contributed by atoms with Gasteiger partial charge >= 0.3 is 0 Å². The number of anilines is 1. The summed E-state index contributed by atoms with van der Waals surface area (Å²) in [6.45, 7) is 5.24. The Morgan fingerprint density at radius 2 is 1.85 bits per heavy atom. The van der Waals surface area contributed by atoms with E-state index in [0.717, 1.165) is 51.0 Å². The highest BCUT2D eigenvalue weighted by Crippen LogP contribution is 2.44. The zero-order valence-corrected chi connectivity index (χ0v) is 20.7. The lowest BCUT2D eigenvalue weighted by atomic mass is 10.1. The predicted molar refractivity (Wildman–Crippen MR) is 137 cm³/mol. The van der Waals surface area contributed by atoms with Gasteiger partial charge in [-0.05, 0) is 55.7 Å². The Morgan fingerprint density at radius 1 is 1.09 bits per heavy atom. The second-order valence-electron chi connectivity index (χ2n) is 7.63. The van der Waals surface area contributed by atoms with Crippen LogP contribution in [0.15, 0.2) is 70.8 Å². The Balaban J connectivity index is 1.46. The van der Waals surface area contributed by atoms with E-state index in [1.54, 1.807) is 18.9 Å². The number of fused-ring (bicyclic) bond motifs is 1. The monoisotopic (exact) mass is 484 g/mol. The Bertz CT molecular complexity index is 1050. The summed E-state index contributed by atoms with van der Waals surface area (Å²) >= 11 is 7.78. The van der Waals surface area contributed by atoms with Gasteiger partial charge in [0, 0.05) is 48.8 Å². The van der Waals surface area contributed by atoms with Gasteiger partial charge in [0.25, 0.3) is 0 Å². The molecule has 0 amide bonds. The molecule has 2 aliphatic heterocycles. The van der Waals surface area contributed by atoms with Crippen LogP contribution in [0.2, 0.25) is 5.02 Å². The van der Waals surface area contributed by atoms with E-state index in [4.69, 9.17) is 30.8 Å². The molecule has 0 N–H and O–H groups in total. The fraction of sp³-hybridized carbons (Fsp3) is 0.346. The number of allylic oxidation sites excluding steroid dienone is 2. The maximum absolute atomic E-state index is 6.03. The van der Waals surface area contributed by atoms with Crippen molar-refractivity contribution in [2.24, 2.45) is 4.99 Å². The van der Waals surface area contributed by atoms with E-state index in [2.05, 4.69) is 35.4 Å². The average molecular weight is 485 g/mol. The number of hydrogen-bond donors (Lipinski definition) is 0. The largest absolute Gasteiger partial charge is 0.496 e. The minimum absolute atomic E-state index is 0.0497. The Hall–Kier alpha value is -2.25. The van der Waals surface area contributed by atoms with Gasteiger partial charge in [-0.15, -0.1) is 0 Å². The molecule has 33 heavy (non-hydrogen) atoms. The number of benzene rings is 2. The van der Waals surface area contributed by atoms with Crippen molar-refractivity contribution >= 4 is 34.8 Å². The third-order valence-electron chi connectivity index (χ3n) is 5.48. The predicted octanol–water partition coefficient (Wildman–Crippen LogP) is 6.74. The van der Waals surface area contributed by atoms with Gasteiger partial charge in [0.1, 0.15) is 11.1 Å². The summed E-state index contributed by atoms with van der Waals surface area (Å²) in [6.07, 6.45) is 7.65. The molecule has 1 atom stereocenters. The van der Waals surface area contributed by atoms with Crippen molar-refractivity contribution < 1.29 is 14.2 Å². The van der Waals surface area contributed by atoms with Crippen molar-refractivity contribution in [3.05, 3.63) is 82.0 Å². The molecule has 0 aromatic heterocycles. The van der Waals surface area contributed by atoms with Gasteiger partial charge < -0.3 is 19.1 Å². The number of rotatable bonds is 10. The molecule has 0 aliphatic carbocycles. The van der Waals surface area contributed by atoms with Crippen molar-refractivity contribution in [3.8, 4) is 5.75 Å². The SMILES string of the molecule is CCOC(CCc1ccc(N2C=CC3=NC(c4ccc(Cl)cc4)SC3=C2)cc1OC)OCC. The molecule has 7 heteroatoms. The Kier molecular flexibility index (Phi) is 8.15. The second-order valence-corrected chi connectivity index (χ2v) is 9.19. The molecular formula is C26H29ClN2O3S. The van der Waals surface area contributed by atoms with Crippen LogP contribution < -0.4 is 9.64 Å². The van der Waals surface area contributed by atoms with Crippen LogP contribution in [-0.4, -0.2) is 32.3 Å². The maximum atomic E-state index is 6.03. The number of thioether (sulfide) groups is 1. The molecule has 1 unspecified atom stereocenters. The van der Waals surface area contributed by atoms with Crippen LogP contribution in [0.4, 0.5) is 5.69 Å². The standard InChI is InChI=1S/C26H29ClN2O3S/c1-4-31-25(32-5-2)13-9-18-8-12-21(16-23(18)30-3)29-15-14-22-24(17-29)33-26(28-22)19-6-10-20(27)11-7-19/h6-8,10-12,14-17,25-26H,4-5,9,13H2,1-3H3. The summed E-state index contributed by atoms with van der Waals surface area (Å²) in [5, 5.41) is 0.787. The highest BCUT2D eigenvalue weighted by Gasteiger charge is 2.26. The Labute approximate surface area is 205 Å². The zero-order valence-electron chi connectivity index (χ0n) is 19.2. The molecule has 0 fully saturated rings. The van der Waals surface area contributed by atoms with Crippen LogP contribution >= 0.6 is 23.4 Å². The van der Waals surface area contributed by atoms with Crippen LogP contribution in [0, 0.1) is 0 Å². The minimum atomic E-state index is -0.190. The number of methoxy groups -OCH3 is 1. The Morgan fingerprint density at radius 3 is 2.55 bits per heavy atom. The topological polar surface area (TPSA) is 43.3 Å². The van der Waals surface area contributed by atoms with Gasteiger partial charge in [-0.25, -0.2) is 0 Å². The van der Waals surface area contributed by atoms with E-state index < -0.39 is 0 Å². The smallest absolute Gasteiger partial charge is 0.157 e. The van der Waals surface area contributed by atoms with Gasteiger partial charge in [0.05, 0.1) is 17.7 Å². The van der Waals surface area contributed by atoms with Crippen LogP contribution in [0.3, 0.4) is 0 Å². The van der Waals surface area contributed by atoms with Crippen molar-refractivity contribution in [2.75, 3.05) is 25.2 Å². The summed E-state index contributed by atoms with van der Waals surface area (Å²) in [5.41, 5.74) is 4.34. The normalized spacial score (nSPS) is 17.2. The van der Waals surface area contributed by atoms with E-state index in [9.17, 15) is 0 Å². The third kappa shape index (κ3) is 5.82. The third-order valence-corrected chi connectivity index (χ3v) is 6.90. The molecule has 4 rings (SSSR count). The van der Waals surface area contributed by atoms with E-state index in [-0.39, 0.29) is 11.7 Å². The quantitative estimate of drug-likeness (QED) is 0.349. The molecule has 2 aliphatic rings. The number of halogens is 1. The fourth-order valence-electron chi connectivity index (χ4n) is 3.83. The highest BCUT2D eigenvalue weighted by molar-refractivity contribution is 8.04. The van der Waals surface area contributed by atoms with E-state index in [1.165, 1.54) is 0 Å². The molecule has 0 radical (unpaired) electrons. The summed E-state index contributed by atoms with van der Waals surface area (Å²) in [4.78, 5) is 8.13. The summed E-state index contributed by atoms with van der Waals surface area (Å²) < 4.78 is 17.1. The number of nitrogens with zero attached hydrogens (tertiary/aromatic N) is 2. The van der Waals surface area contributed by atoms with Gasteiger partial charge in [0.2, 0.25) is 0 Å². The maximum Gasteiger partial charge on any atom is 0.157 e. The molecule has 0 saturated heterocycles. The zero-order chi connectivity index (χ0) is 23.2. The molecule has 0 saturated carbocycles. The molecule has 0 spiro atoms. The first-order valence-corrected chi connectivity index (χ1v) is 12.5. The molecule has 174 valence electrons. The van der Waals surface area contributed by atoms with E-state index in [0.29, 0.717) is 13.2 Å². The van der Waals surface area contributed by atoms with Gasteiger partial charge in [-0.3, -0.25) is 4.99 Å². The summed E-state index contributed by atoms with van der Waals surface area (Å²) in [6, 6.07) is 14.2. The van der Waals surface area contributed by atoms with Gasteiger partial charge in [-0.1, -0.05) is 41.6 Å². The van der Waals surface area contributed by atoms with Crippen molar-refractivity contribution in [2.45, 2.75) is 38.4 Å². The summed E-state index contributed by atoms with van der Waals surface area (Å²) in [5.74, 6) is 0.864. The van der Waals surface area contributed by atoms with Crippen LogP contribution in [0.5, 0.6) is 5.75 Å². The first-order valence-electron chi connectivity index (χ1n) is 11.2. The van der Waals surface area contributed by atoms with Gasteiger partial charge in [-0.2, -0.15) is 0 Å². The second kappa shape index (κ2) is 11.3. The van der Waals surface area contributed by atoms with E-state index in [1.807, 2.05) is 44.3 Å². The molecular weight excluding hydrogens is 456 g/mol. The molecule has 2 heterocycles. The lowest BCUT2D eigenvalue weighted by molar-refractivity contribution is -0.139. The first-order chi connectivity index (χ1) is 16.1. The number of ether oxygens (including phenoxy) is 3. The number of aliphatic imine (C=N–C) groups is 1. The van der Waals surface area contributed by atoms with Gasteiger partial charge in [0.15, 0.2) is 6.29 Å². The molecule has 2 aromatic rings. The average Bonchev–Trinajstić information content (AvgIpc) is 3.26. The lowest BCUT2D eigenvalue weighted by Gasteiger charge is -2.22. The van der Waals surface area contributed by atoms with Crippen molar-refractivity contribution in [3.63, 3.8) is 0 Å². The number of aryl methyl sites for hydroxylation is 1. The van der Waals surface area contributed by atoms with Crippen molar-refractivity contribution in [1.82, 2.24) is 0 Å². The fourth-order valence-corrected chi connectivity index (χ4v) is 5.07. The van der Waals surface area contributed by atoms with Crippen LogP contribution in [0.25, 0.3) is 0 Å². The highest BCUT2D eigenvalue weighted by atomic mass is 35.5. The van der Waals surface area contributed by atoms with E-state index >= 15 is 0 Å². The van der Waals surface area contributed by atoms with Crippen LogP contribution in [0.1, 0.15) is 36.8 Å². The minimum Gasteiger partial charge on any atom is -0.496 e. The van der Waals surface area contributed by atoms with Crippen molar-refractivity contribution in [1.29, 1.82) is 0 Å². The number of hydrogen-bond acceptors (Lipinski definition) is 6. The lowest BCUT2D eigenvalue weighted by Crippen LogP contribution is -2.18. The summed E-state index contributed by atoms with van der Waals surface area (Å²) in [7, 11) is 1.71. The molecule has 0 bridgehead atoms. The molecule has 5 nitrogen and oxygen atoms in total. The molecule has 2 aromatic carbocycles. The first kappa shape index (κ1) is 23.9. The van der Waals surface area contributed by atoms with Crippen LogP contribution in [-0.2, 0) is 15.9 Å².